The standard InChI is InChI=1S/C26H46N4O6/c1-23(2)13-17(14-24(3,4)27(23)9)29(19(31)21(33)34)11-12-30(20(32)22(35)36)18-15-25(5,6)28(10)26(7,8)16-18/h17-18H,11-16H2,1-10H3,(H,33,34)(H,35,36). The fourth-order valence-electron chi connectivity index (χ4n) is 6.44. The van der Waals surface area contributed by atoms with E-state index in [9.17, 15) is 29.4 Å². The van der Waals surface area contributed by atoms with Gasteiger partial charge in [0.15, 0.2) is 0 Å². The van der Waals surface area contributed by atoms with Crippen LogP contribution in [0.3, 0.4) is 0 Å². The molecule has 206 valence electrons. The number of hydrogen-bond acceptors (Lipinski definition) is 6. The molecular formula is C26H46N4O6. The summed E-state index contributed by atoms with van der Waals surface area (Å²) in [4.78, 5) is 56.5. The Morgan fingerprint density at radius 1 is 0.611 bits per heavy atom. The fraction of sp³-hybridized carbons (Fsp3) is 0.846. The quantitative estimate of drug-likeness (QED) is 0.540. The average molecular weight is 511 g/mol. The first-order valence-corrected chi connectivity index (χ1v) is 12.7. The summed E-state index contributed by atoms with van der Waals surface area (Å²) in [5.74, 6) is -5.16. The summed E-state index contributed by atoms with van der Waals surface area (Å²) in [5, 5.41) is 19.2. The molecule has 2 fully saturated rings. The minimum Gasteiger partial charge on any atom is -0.474 e. The second-order valence-electron chi connectivity index (χ2n) is 13.1. The van der Waals surface area contributed by atoms with Crippen molar-refractivity contribution >= 4 is 23.8 Å². The molecule has 0 aromatic carbocycles. The van der Waals surface area contributed by atoms with Gasteiger partial charge >= 0.3 is 23.8 Å². The van der Waals surface area contributed by atoms with Crippen molar-refractivity contribution in [3.63, 3.8) is 0 Å². The van der Waals surface area contributed by atoms with Crippen molar-refractivity contribution in [1.29, 1.82) is 0 Å². The number of likely N-dealkylation sites (tertiary alicyclic amines) is 2. The third kappa shape index (κ3) is 6.02. The Morgan fingerprint density at radius 2 is 0.833 bits per heavy atom. The zero-order chi connectivity index (χ0) is 28.0. The van der Waals surface area contributed by atoms with Gasteiger partial charge in [0.25, 0.3) is 0 Å². The van der Waals surface area contributed by atoms with Gasteiger partial charge in [-0.25, -0.2) is 9.59 Å². The van der Waals surface area contributed by atoms with E-state index in [1.807, 2.05) is 14.1 Å². The zero-order valence-corrected chi connectivity index (χ0v) is 23.7. The van der Waals surface area contributed by atoms with Gasteiger partial charge in [-0.15, -0.1) is 0 Å². The maximum absolute atomic E-state index is 12.9. The first-order chi connectivity index (χ1) is 16.1. The van der Waals surface area contributed by atoms with Gasteiger partial charge in [0, 0.05) is 47.3 Å². The number of carboxylic acids is 2. The number of aliphatic carboxylic acids is 2. The molecule has 0 saturated carbocycles. The lowest BCUT2D eigenvalue weighted by molar-refractivity contribution is -0.162. The number of carbonyl (C=O) groups is 4. The van der Waals surface area contributed by atoms with Gasteiger partial charge < -0.3 is 20.0 Å². The largest absolute Gasteiger partial charge is 0.474 e. The number of rotatable bonds is 5. The summed E-state index contributed by atoms with van der Waals surface area (Å²) in [6.07, 6.45) is 2.25. The van der Waals surface area contributed by atoms with Crippen LogP contribution >= 0.6 is 0 Å². The Balaban J connectivity index is 2.39. The van der Waals surface area contributed by atoms with Gasteiger partial charge in [-0.3, -0.25) is 19.4 Å². The third-order valence-electron chi connectivity index (χ3n) is 8.92. The first-order valence-electron chi connectivity index (χ1n) is 12.7. The molecule has 10 nitrogen and oxygen atoms in total. The smallest absolute Gasteiger partial charge is 0.394 e. The lowest BCUT2D eigenvalue weighted by atomic mass is 9.76. The maximum Gasteiger partial charge on any atom is 0.394 e. The van der Waals surface area contributed by atoms with Crippen LogP contribution in [0.25, 0.3) is 0 Å². The van der Waals surface area contributed by atoms with Crippen molar-refractivity contribution in [1.82, 2.24) is 19.6 Å². The number of hydrogen-bond donors (Lipinski definition) is 2. The van der Waals surface area contributed by atoms with Crippen LogP contribution in [-0.2, 0) is 19.2 Å². The van der Waals surface area contributed by atoms with E-state index in [0.29, 0.717) is 25.7 Å². The highest BCUT2D eigenvalue weighted by Crippen LogP contribution is 2.40. The fourth-order valence-corrected chi connectivity index (χ4v) is 6.44. The molecule has 0 aromatic rings. The van der Waals surface area contributed by atoms with E-state index in [2.05, 4.69) is 65.2 Å². The summed E-state index contributed by atoms with van der Waals surface area (Å²) in [7, 11) is 4.05. The minimum atomic E-state index is -1.55. The van der Waals surface area contributed by atoms with Crippen LogP contribution in [-0.4, -0.2) is 115 Å². The third-order valence-corrected chi connectivity index (χ3v) is 8.92. The Bertz CT molecular complexity index is 789. The molecule has 36 heavy (non-hydrogen) atoms. The van der Waals surface area contributed by atoms with E-state index in [4.69, 9.17) is 0 Å². The molecule has 2 amide bonds. The Hall–Kier alpha value is -2.20. The average Bonchev–Trinajstić information content (AvgIpc) is 2.71. The van der Waals surface area contributed by atoms with E-state index in [1.54, 1.807) is 0 Å². The van der Waals surface area contributed by atoms with E-state index >= 15 is 0 Å². The highest BCUT2D eigenvalue weighted by Gasteiger charge is 2.48. The topological polar surface area (TPSA) is 122 Å². The van der Waals surface area contributed by atoms with Crippen LogP contribution in [0.4, 0.5) is 0 Å². The molecule has 0 aliphatic carbocycles. The molecule has 0 spiro atoms. The number of amides is 2. The van der Waals surface area contributed by atoms with Gasteiger partial charge in [-0.05, 0) is 95.2 Å². The van der Waals surface area contributed by atoms with E-state index in [1.165, 1.54) is 9.80 Å². The minimum absolute atomic E-state index is 0.0438. The number of piperidine rings is 2. The monoisotopic (exact) mass is 510 g/mol. The van der Waals surface area contributed by atoms with Gasteiger partial charge in [-0.1, -0.05) is 0 Å². The molecule has 2 saturated heterocycles. The lowest BCUT2D eigenvalue weighted by Gasteiger charge is -2.56. The number of carbonyl (C=O) groups excluding carboxylic acids is 2. The second-order valence-corrected chi connectivity index (χ2v) is 13.1. The molecule has 2 aliphatic rings. The van der Waals surface area contributed by atoms with Gasteiger partial charge in [0.1, 0.15) is 0 Å². The molecule has 0 atom stereocenters. The Labute approximate surface area is 215 Å². The molecule has 0 aromatic heterocycles. The van der Waals surface area contributed by atoms with E-state index < -0.39 is 23.8 Å². The van der Waals surface area contributed by atoms with Crippen LogP contribution in [0.1, 0.15) is 81.1 Å². The van der Waals surface area contributed by atoms with Crippen LogP contribution in [0.2, 0.25) is 0 Å². The highest BCUT2D eigenvalue weighted by atomic mass is 16.4. The molecule has 0 unspecified atom stereocenters. The Kier molecular flexibility index (Phi) is 8.28. The van der Waals surface area contributed by atoms with Gasteiger partial charge in [0.05, 0.1) is 0 Å². The highest BCUT2D eigenvalue weighted by molar-refractivity contribution is 6.32. The van der Waals surface area contributed by atoms with Crippen LogP contribution in [0, 0.1) is 0 Å². The lowest BCUT2D eigenvalue weighted by Crippen LogP contribution is -2.65. The molecular weight excluding hydrogens is 464 g/mol. The van der Waals surface area contributed by atoms with Crippen LogP contribution < -0.4 is 0 Å². The molecule has 10 heteroatoms. The van der Waals surface area contributed by atoms with Crippen molar-refractivity contribution in [3.8, 4) is 0 Å². The van der Waals surface area contributed by atoms with Crippen molar-refractivity contribution in [2.45, 2.75) is 115 Å². The van der Waals surface area contributed by atoms with Crippen molar-refractivity contribution < 1.29 is 29.4 Å². The van der Waals surface area contributed by atoms with E-state index in [-0.39, 0.29) is 47.3 Å². The van der Waals surface area contributed by atoms with Crippen molar-refractivity contribution in [2.75, 3.05) is 27.2 Å². The SMILES string of the molecule is CN1C(C)(C)CC(N(CCN(C(=O)C(=O)O)C2CC(C)(C)N(C)C(C)(C)C2)C(=O)C(=O)O)CC1(C)C. The molecule has 0 radical (unpaired) electrons. The number of carboxylic acid groups (broad SMARTS) is 2. The summed E-state index contributed by atoms with van der Waals surface area (Å²) in [6, 6.07) is -0.719. The van der Waals surface area contributed by atoms with E-state index in [0.717, 1.165) is 0 Å². The normalized spacial score (nSPS) is 24.2. The van der Waals surface area contributed by atoms with Crippen LogP contribution in [0.5, 0.6) is 0 Å². The summed E-state index contributed by atoms with van der Waals surface area (Å²) < 4.78 is 0. The predicted molar refractivity (Wildman–Crippen MR) is 137 cm³/mol. The number of nitrogens with zero attached hydrogens (tertiary/aromatic N) is 4. The second kappa shape index (κ2) is 9.93. The Morgan fingerprint density at radius 3 is 1.03 bits per heavy atom. The summed E-state index contributed by atoms with van der Waals surface area (Å²) >= 11 is 0. The molecule has 0 bridgehead atoms. The predicted octanol–water partition coefficient (Wildman–Crippen LogP) is 2.12. The maximum atomic E-state index is 12.9. The first kappa shape index (κ1) is 30.0. The molecule has 2 heterocycles. The van der Waals surface area contributed by atoms with Crippen LogP contribution in [0.15, 0.2) is 0 Å². The zero-order valence-electron chi connectivity index (χ0n) is 23.7. The summed E-state index contributed by atoms with van der Waals surface area (Å²) in [6.45, 7) is 16.4. The van der Waals surface area contributed by atoms with Crippen molar-refractivity contribution in [3.05, 3.63) is 0 Å². The van der Waals surface area contributed by atoms with Crippen molar-refractivity contribution in [2.24, 2.45) is 0 Å². The molecule has 2 rings (SSSR count). The molecule has 2 N–H and O–H groups in total. The van der Waals surface area contributed by atoms with Gasteiger partial charge in [0.2, 0.25) is 0 Å². The summed E-state index contributed by atoms with van der Waals surface area (Å²) in [5.41, 5.74) is -1.16. The van der Waals surface area contributed by atoms with Gasteiger partial charge in [-0.2, -0.15) is 0 Å². The molecule has 2 aliphatic heterocycles.